The molecule has 0 spiro atoms. The molecule has 0 saturated heterocycles. The number of thiophene rings is 1. The average Bonchev–Trinajstić information content (AvgIpc) is 2.94. The largest absolute Gasteiger partial charge is 0.256 e. The van der Waals surface area contributed by atoms with Crippen LogP contribution < -0.4 is 0 Å². The van der Waals surface area contributed by atoms with Crippen LogP contribution in [0.25, 0.3) is 21.7 Å². The second-order valence-electron chi connectivity index (χ2n) is 4.63. The number of hydrogen-bond acceptors (Lipinski definition) is 2. The molecule has 0 aliphatic heterocycles. The molecule has 0 aliphatic rings. The standard InChI is InChI=1S/C17H15NS/c1-12-11-18-17(14-7-4-3-5-8-14)13(2)16(12)15-9-6-10-19-15/h3-11H,1-2H3. The van der Waals surface area contributed by atoms with E-state index in [2.05, 4.69) is 60.6 Å². The molecule has 0 radical (unpaired) electrons. The molecule has 0 saturated carbocycles. The highest BCUT2D eigenvalue weighted by Gasteiger charge is 2.12. The lowest BCUT2D eigenvalue weighted by Crippen LogP contribution is -1.94. The van der Waals surface area contributed by atoms with Crippen molar-refractivity contribution in [3.05, 3.63) is 65.2 Å². The molecule has 0 unspecified atom stereocenters. The number of pyridine rings is 1. The fourth-order valence-corrected chi connectivity index (χ4v) is 3.32. The van der Waals surface area contributed by atoms with Crippen LogP contribution in [0.3, 0.4) is 0 Å². The first-order chi connectivity index (χ1) is 9.27. The van der Waals surface area contributed by atoms with Gasteiger partial charge in [0, 0.05) is 22.2 Å². The SMILES string of the molecule is Cc1cnc(-c2ccccc2)c(C)c1-c1cccs1. The summed E-state index contributed by atoms with van der Waals surface area (Å²) in [7, 11) is 0. The Morgan fingerprint density at radius 3 is 2.42 bits per heavy atom. The molecule has 3 aromatic rings. The fourth-order valence-electron chi connectivity index (χ4n) is 2.42. The first-order valence-corrected chi connectivity index (χ1v) is 7.21. The van der Waals surface area contributed by atoms with Crippen molar-refractivity contribution in [3.63, 3.8) is 0 Å². The van der Waals surface area contributed by atoms with Crippen molar-refractivity contribution in [2.45, 2.75) is 13.8 Å². The van der Waals surface area contributed by atoms with E-state index in [0.29, 0.717) is 0 Å². The summed E-state index contributed by atoms with van der Waals surface area (Å²) in [6, 6.07) is 14.7. The van der Waals surface area contributed by atoms with Gasteiger partial charge in [0.1, 0.15) is 0 Å². The third-order valence-electron chi connectivity index (χ3n) is 3.33. The predicted molar refractivity (Wildman–Crippen MR) is 82.5 cm³/mol. The van der Waals surface area contributed by atoms with Gasteiger partial charge in [-0.25, -0.2) is 0 Å². The maximum absolute atomic E-state index is 4.62. The van der Waals surface area contributed by atoms with Crippen LogP contribution in [0.1, 0.15) is 11.1 Å². The van der Waals surface area contributed by atoms with Crippen molar-refractivity contribution in [2.24, 2.45) is 0 Å². The van der Waals surface area contributed by atoms with E-state index in [9.17, 15) is 0 Å². The third kappa shape index (κ3) is 2.20. The lowest BCUT2D eigenvalue weighted by atomic mass is 9.98. The van der Waals surface area contributed by atoms with Crippen LogP contribution in [-0.4, -0.2) is 4.98 Å². The van der Waals surface area contributed by atoms with Crippen LogP contribution in [0, 0.1) is 13.8 Å². The molecule has 0 N–H and O–H groups in total. The number of rotatable bonds is 2. The zero-order valence-corrected chi connectivity index (χ0v) is 11.9. The molecule has 94 valence electrons. The molecule has 2 heterocycles. The molecule has 19 heavy (non-hydrogen) atoms. The Morgan fingerprint density at radius 1 is 0.947 bits per heavy atom. The van der Waals surface area contributed by atoms with E-state index in [4.69, 9.17) is 0 Å². The Morgan fingerprint density at radius 2 is 1.74 bits per heavy atom. The Hall–Kier alpha value is -1.93. The van der Waals surface area contributed by atoms with E-state index < -0.39 is 0 Å². The third-order valence-corrected chi connectivity index (χ3v) is 4.21. The lowest BCUT2D eigenvalue weighted by molar-refractivity contribution is 1.23. The van der Waals surface area contributed by atoms with Crippen molar-refractivity contribution in [2.75, 3.05) is 0 Å². The van der Waals surface area contributed by atoms with Gasteiger partial charge >= 0.3 is 0 Å². The fraction of sp³-hybridized carbons (Fsp3) is 0.118. The van der Waals surface area contributed by atoms with Gasteiger partial charge in [0.05, 0.1) is 5.69 Å². The zero-order chi connectivity index (χ0) is 13.2. The number of aromatic nitrogens is 1. The van der Waals surface area contributed by atoms with E-state index in [1.165, 1.54) is 27.1 Å². The monoisotopic (exact) mass is 265 g/mol. The van der Waals surface area contributed by atoms with E-state index in [1.807, 2.05) is 12.3 Å². The molecule has 0 amide bonds. The molecule has 1 nitrogen and oxygen atoms in total. The summed E-state index contributed by atoms with van der Waals surface area (Å²) in [6.07, 6.45) is 1.98. The summed E-state index contributed by atoms with van der Waals surface area (Å²) in [5, 5.41) is 2.12. The number of nitrogens with zero attached hydrogens (tertiary/aromatic N) is 1. The Labute approximate surface area is 117 Å². The van der Waals surface area contributed by atoms with Gasteiger partial charge in [0.25, 0.3) is 0 Å². The molecular weight excluding hydrogens is 250 g/mol. The topological polar surface area (TPSA) is 12.9 Å². The minimum absolute atomic E-state index is 1.08. The first-order valence-electron chi connectivity index (χ1n) is 6.33. The molecule has 0 aliphatic carbocycles. The van der Waals surface area contributed by atoms with Crippen molar-refractivity contribution < 1.29 is 0 Å². The van der Waals surface area contributed by atoms with Crippen molar-refractivity contribution >= 4 is 11.3 Å². The minimum Gasteiger partial charge on any atom is -0.256 e. The van der Waals surface area contributed by atoms with Gasteiger partial charge in [0.2, 0.25) is 0 Å². The van der Waals surface area contributed by atoms with E-state index in [1.54, 1.807) is 11.3 Å². The van der Waals surface area contributed by atoms with Crippen LogP contribution in [0.15, 0.2) is 54.0 Å². The van der Waals surface area contributed by atoms with Gasteiger partial charge in [-0.15, -0.1) is 11.3 Å². The van der Waals surface area contributed by atoms with Crippen molar-refractivity contribution in [1.29, 1.82) is 0 Å². The maximum Gasteiger partial charge on any atom is 0.0737 e. The quantitative estimate of drug-likeness (QED) is 0.628. The highest BCUT2D eigenvalue weighted by molar-refractivity contribution is 7.13. The Kier molecular flexibility index (Phi) is 3.18. The maximum atomic E-state index is 4.62. The Bertz CT molecular complexity index is 685. The molecule has 2 heteroatoms. The molecule has 0 atom stereocenters. The van der Waals surface area contributed by atoms with Gasteiger partial charge in [-0.05, 0) is 36.4 Å². The molecule has 2 aromatic heterocycles. The summed E-state index contributed by atoms with van der Waals surface area (Å²) >= 11 is 1.78. The molecule has 0 fully saturated rings. The number of hydrogen-bond donors (Lipinski definition) is 0. The second kappa shape index (κ2) is 4.98. The van der Waals surface area contributed by atoms with Crippen LogP contribution in [0.5, 0.6) is 0 Å². The highest BCUT2D eigenvalue weighted by atomic mass is 32.1. The van der Waals surface area contributed by atoms with Crippen molar-refractivity contribution in [1.82, 2.24) is 4.98 Å². The summed E-state index contributed by atoms with van der Waals surface area (Å²) in [4.78, 5) is 5.94. The summed E-state index contributed by atoms with van der Waals surface area (Å²) < 4.78 is 0. The van der Waals surface area contributed by atoms with Crippen molar-refractivity contribution in [3.8, 4) is 21.7 Å². The molecular formula is C17H15NS. The first kappa shape index (κ1) is 12.1. The summed E-state index contributed by atoms with van der Waals surface area (Å²) in [5.41, 5.74) is 6.07. The molecule has 1 aromatic carbocycles. The lowest BCUT2D eigenvalue weighted by Gasteiger charge is -2.12. The predicted octanol–water partition coefficient (Wildman–Crippen LogP) is 5.09. The van der Waals surface area contributed by atoms with E-state index >= 15 is 0 Å². The Balaban J connectivity index is 2.22. The summed E-state index contributed by atoms with van der Waals surface area (Å²) in [5.74, 6) is 0. The molecule has 0 bridgehead atoms. The van der Waals surface area contributed by atoms with Gasteiger partial charge in [-0.1, -0.05) is 36.4 Å². The van der Waals surface area contributed by atoms with Crippen LogP contribution >= 0.6 is 11.3 Å². The van der Waals surface area contributed by atoms with Crippen LogP contribution in [0.2, 0.25) is 0 Å². The van der Waals surface area contributed by atoms with Gasteiger partial charge < -0.3 is 0 Å². The number of benzene rings is 1. The van der Waals surface area contributed by atoms with E-state index in [0.717, 1.165) is 5.69 Å². The smallest absolute Gasteiger partial charge is 0.0737 e. The summed E-state index contributed by atoms with van der Waals surface area (Å²) in [6.45, 7) is 4.29. The highest BCUT2D eigenvalue weighted by Crippen LogP contribution is 2.34. The van der Waals surface area contributed by atoms with Crippen LogP contribution in [-0.2, 0) is 0 Å². The zero-order valence-electron chi connectivity index (χ0n) is 11.1. The minimum atomic E-state index is 1.08. The number of aryl methyl sites for hydroxylation is 1. The van der Waals surface area contributed by atoms with Gasteiger partial charge in [0.15, 0.2) is 0 Å². The van der Waals surface area contributed by atoms with Gasteiger partial charge in [-0.2, -0.15) is 0 Å². The molecule has 3 rings (SSSR count). The average molecular weight is 265 g/mol. The second-order valence-corrected chi connectivity index (χ2v) is 5.58. The van der Waals surface area contributed by atoms with E-state index in [-0.39, 0.29) is 0 Å². The normalized spacial score (nSPS) is 10.6. The van der Waals surface area contributed by atoms with Gasteiger partial charge in [-0.3, -0.25) is 4.98 Å². The van der Waals surface area contributed by atoms with Crippen LogP contribution in [0.4, 0.5) is 0 Å².